The number of nitrogens with two attached hydrogens (primary N) is 5. The number of unbranched alkanes of at least 4 members (excludes halogenated alkanes) is 1. The van der Waals surface area contributed by atoms with E-state index in [9.17, 15) is 33.6 Å². The summed E-state index contributed by atoms with van der Waals surface area (Å²) in [5.74, 6) is 0. The van der Waals surface area contributed by atoms with Crippen LogP contribution in [0.4, 0.5) is 33.6 Å². The number of rotatable bonds is 28. The molecule has 0 radical (unpaired) electrons. The number of hydrogen-bond acceptors (Lipinski definition) is 27. The van der Waals surface area contributed by atoms with Crippen molar-refractivity contribution in [1.29, 1.82) is 0 Å². The number of amides is 11. The average molecular weight is 1510 g/mol. The zero-order valence-corrected chi connectivity index (χ0v) is 63.9. The lowest BCUT2D eigenvalue weighted by Crippen LogP contribution is -2.47. The first-order valence-corrected chi connectivity index (χ1v) is 37.1. The van der Waals surface area contributed by atoms with Gasteiger partial charge in [0.25, 0.3) is 0 Å². The van der Waals surface area contributed by atoms with Crippen LogP contribution in [-0.2, 0) is 14.2 Å². The van der Waals surface area contributed by atoms with Gasteiger partial charge in [0.05, 0.1) is 51.3 Å². The van der Waals surface area contributed by atoms with Crippen molar-refractivity contribution in [2.24, 2.45) is 28.7 Å². The first kappa shape index (κ1) is 105. The summed E-state index contributed by atoms with van der Waals surface area (Å²) in [6, 6.07) is 0.0175. The van der Waals surface area contributed by atoms with Crippen molar-refractivity contribution in [3.8, 4) is 0 Å². The molecule has 0 spiro atoms. The molecule has 38 heteroatoms. The number of ether oxygens (including phenoxy) is 3. The number of aliphatic hydroxyl groups is 9. The molecule has 8 heterocycles. The molecule has 618 valence electrons. The van der Waals surface area contributed by atoms with Crippen LogP contribution in [0.5, 0.6) is 0 Å². The van der Waals surface area contributed by atoms with Crippen molar-refractivity contribution < 1.29 is 93.7 Å². The first-order valence-electron chi connectivity index (χ1n) is 37.1. The number of carbonyl (C=O) groups excluding carboxylic acids is 7. The lowest BCUT2D eigenvalue weighted by atomic mass is 10.1. The highest BCUT2D eigenvalue weighted by Crippen LogP contribution is 2.08. The van der Waals surface area contributed by atoms with E-state index in [2.05, 4.69) is 56.9 Å². The Labute approximate surface area is 619 Å². The summed E-state index contributed by atoms with van der Waals surface area (Å²) in [4.78, 5) is 85.9. The standard InChI is InChI=1S/C10H22N2O.3C7H14N2O2.2C6H12N2O2.C6H16N2O.2C4H7NO2.3C3H9NO/c1-10(13)4-2-3-7-12-8-5-11-6-9-12;1-5-3-8-7(11)9(5)4-6(2)10;8-3-1-4-9-5-2-6-11-7(9)10;10-6-2-5-9-4-1-3-8-7(9)11;9-5-1-3-8-4-2-7-6(8)10;9-5-4-8-3-1-2-7-6(8)10;7-3-1-4-8-5-2-6-9;1-3-2-5-4(6)7-3;6-4-5-2-1-3-7-4;1-3(4)2-5;1-3(5)2-4;4-2-1-3-5/h10-11,13H,2-9H2,1H3;5-6,10H,3-4H2,1-2H3,(H,8,11);1-6,8H2;10H,1-6H2,(H,8,11);2*9H,1-5H2,(H,7,10);8-9H,1-7H2;3H,2H2,1H3,(H,5,6);1-3H2,(H,5,6);2*3,5H,2,4H2,1H3;5H,1-4H2. The number of aliphatic hydroxyl groups excluding tert-OH is 9. The molecule has 104 heavy (non-hydrogen) atoms. The van der Waals surface area contributed by atoms with E-state index >= 15 is 0 Å². The SMILES string of the molecule is CC(N)CO.CC(O)CCCCN1CCNCC1.CC(O)CN.CC(O)CN1C(=O)NCC1C.CC1CNC(=O)O1.NCCCN1CCCOC1=O.NCCCNCCCO.NCCCO.O=C1NCCCN1CCCO.O=C1NCCCN1CCO.O=C1NCCCO1.O=C1NCCN1CCCO. The molecule has 0 aromatic carbocycles. The van der Waals surface area contributed by atoms with E-state index in [0.717, 1.165) is 156 Å². The molecule has 27 N–H and O–H groups in total. The van der Waals surface area contributed by atoms with Crippen LogP contribution in [-0.4, -0.2) is 377 Å². The Hall–Kier alpha value is -5.79. The highest BCUT2D eigenvalue weighted by atomic mass is 16.6. The third-order valence-corrected chi connectivity index (χ3v) is 14.6. The van der Waals surface area contributed by atoms with Crippen molar-refractivity contribution in [3.63, 3.8) is 0 Å². The van der Waals surface area contributed by atoms with Gasteiger partial charge < -0.3 is 161 Å². The Kier molecular flexibility index (Phi) is 75.9. The molecular weight excluding hydrogens is 1360 g/mol. The van der Waals surface area contributed by atoms with E-state index in [1.165, 1.54) is 26.1 Å². The van der Waals surface area contributed by atoms with Gasteiger partial charge in [0.1, 0.15) is 6.10 Å². The van der Waals surface area contributed by atoms with Crippen LogP contribution in [0.1, 0.15) is 125 Å². The van der Waals surface area contributed by atoms with Crippen molar-refractivity contribution in [2.75, 3.05) is 223 Å². The molecule has 0 bridgehead atoms. The zero-order valence-electron chi connectivity index (χ0n) is 63.9. The molecule has 0 aliphatic carbocycles. The summed E-state index contributed by atoms with van der Waals surface area (Å²) in [5.41, 5.74) is 25.5. The third kappa shape index (κ3) is 68.0. The molecule has 11 amide bonds. The van der Waals surface area contributed by atoms with Crippen molar-refractivity contribution in [3.05, 3.63) is 0 Å². The predicted octanol–water partition coefficient (Wildman–Crippen LogP) is -3.51. The van der Waals surface area contributed by atoms with Crippen LogP contribution < -0.4 is 71.2 Å². The van der Waals surface area contributed by atoms with Gasteiger partial charge in [-0.25, -0.2) is 33.6 Å². The normalized spacial score (nSPS) is 19.0. The minimum Gasteiger partial charge on any atom is -0.449 e. The summed E-state index contributed by atoms with van der Waals surface area (Å²) in [6.07, 6.45) is 10.4. The fourth-order valence-corrected chi connectivity index (χ4v) is 8.76. The Morgan fingerprint density at radius 3 is 1.35 bits per heavy atom. The summed E-state index contributed by atoms with van der Waals surface area (Å²) in [6.45, 7) is 33.4. The second kappa shape index (κ2) is 75.4. The van der Waals surface area contributed by atoms with Gasteiger partial charge in [0.2, 0.25) is 0 Å². The number of piperazine rings is 1. The van der Waals surface area contributed by atoms with Gasteiger partial charge in [-0.05, 0) is 164 Å². The number of hydrogen-bond donors (Lipinski definition) is 22. The van der Waals surface area contributed by atoms with Gasteiger partial charge >= 0.3 is 42.4 Å². The molecule has 0 aromatic heterocycles. The van der Waals surface area contributed by atoms with Crippen LogP contribution in [0.25, 0.3) is 0 Å². The average Bonchev–Trinajstić information content (AvgIpc) is 1.68. The Morgan fingerprint density at radius 2 is 0.971 bits per heavy atom. The molecule has 0 saturated carbocycles. The van der Waals surface area contributed by atoms with Gasteiger partial charge in [0.15, 0.2) is 0 Å². The minimum atomic E-state index is -0.443. The molecule has 6 atom stereocenters. The minimum absolute atomic E-state index is 0.00435. The number of β-amino-alcohol motifs (C(OH)–C–C–N with tert-alkyl or cyclic N) is 2. The maximum absolute atomic E-state index is 11.0. The molecular formula is C66H145N19O19. The van der Waals surface area contributed by atoms with Crippen LogP contribution in [0.2, 0.25) is 0 Å². The van der Waals surface area contributed by atoms with Crippen LogP contribution >= 0.6 is 0 Å². The van der Waals surface area contributed by atoms with E-state index in [-0.39, 0.29) is 112 Å². The number of nitrogens with zero attached hydrogens (tertiary/aromatic N) is 6. The molecule has 6 unspecified atom stereocenters. The maximum atomic E-state index is 11.0. The van der Waals surface area contributed by atoms with Crippen molar-refractivity contribution in [2.45, 2.75) is 162 Å². The second-order valence-corrected chi connectivity index (χ2v) is 24.9. The van der Waals surface area contributed by atoms with Gasteiger partial charge in [-0.3, -0.25) is 0 Å². The number of urea groups is 4. The summed E-state index contributed by atoms with van der Waals surface area (Å²) in [7, 11) is 0. The highest BCUT2D eigenvalue weighted by molar-refractivity contribution is 5.77. The van der Waals surface area contributed by atoms with Crippen molar-refractivity contribution >= 4 is 42.4 Å². The topological polar surface area (TPSA) is 575 Å². The van der Waals surface area contributed by atoms with Crippen molar-refractivity contribution in [1.82, 2.24) is 71.9 Å². The monoisotopic (exact) mass is 1510 g/mol. The zero-order chi connectivity index (χ0) is 79.0. The van der Waals surface area contributed by atoms with Crippen LogP contribution in [0.15, 0.2) is 0 Å². The number of nitrogens with one attached hydrogen (secondary N) is 8. The lowest BCUT2D eigenvalue weighted by Gasteiger charge is -2.27. The summed E-state index contributed by atoms with van der Waals surface area (Å²) in [5, 5.41) is 98.5. The van der Waals surface area contributed by atoms with Crippen LogP contribution in [0.3, 0.4) is 0 Å². The van der Waals surface area contributed by atoms with Crippen LogP contribution in [0, 0.1) is 0 Å². The molecule has 8 aliphatic heterocycles. The Morgan fingerprint density at radius 1 is 0.471 bits per heavy atom. The van der Waals surface area contributed by atoms with E-state index in [1.807, 2.05) is 20.8 Å². The third-order valence-electron chi connectivity index (χ3n) is 14.6. The van der Waals surface area contributed by atoms with Gasteiger partial charge in [-0.2, -0.15) is 0 Å². The smallest absolute Gasteiger partial charge is 0.409 e. The Bertz CT molecular complexity index is 1960. The molecule has 8 aliphatic rings. The van der Waals surface area contributed by atoms with E-state index in [4.69, 9.17) is 79.4 Å². The number of carbonyl (C=O) groups is 7. The second-order valence-electron chi connectivity index (χ2n) is 24.9. The predicted molar refractivity (Wildman–Crippen MR) is 400 cm³/mol. The molecule has 8 fully saturated rings. The molecule has 8 rings (SSSR count). The molecule has 0 aromatic rings. The Balaban J connectivity index is -0.000000530. The quantitative estimate of drug-likeness (QED) is 0.0267. The molecule has 8 saturated heterocycles. The molecule has 38 nitrogen and oxygen atoms in total. The lowest BCUT2D eigenvalue weighted by molar-refractivity contribution is 0.0727. The summed E-state index contributed by atoms with van der Waals surface area (Å²) >= 11 is 0. The fraction of sp³-hybridized carbons (Fsp3) is 0.894. The van der Waals surface area contributed by atoms with E-state index in [0.29, 0.717) is 85.0 Å². The summed E-state index contributed by atoms with van der Waals surface area (Å²) < 4.78 is 14.0. The maximum Gasteiger partial charge on any atom is 0.409 e. The van der Waals surface area contributed by atoms with Gasteiger partial charge in [-0.1, -0.05) is 0 Å². The van der Waals surface area contributed by atoms with Gasteiger partial charge in [-0.15, -0.1) is 0 Å². The first-order chi connectivity index (χ1) is 49.8. The van der Waals surface area contributed by atoms with Gasteiger partial charge in [0, 0.05) is 163 Å². The van der Waals surface area contributed by atoms with E-state index < -0.39 is 6.10 Å². The largest absolute Gasteiger partial charge is 0.449 e. The number of cyclic esters (lactones) is 3. The highest BCUT2D eigenvalue weighted by Gasteiger charge is 2.28. The fourth-order valence-electron chi connectivity index (χ4n) is 8.76. The number of alkyl carbamates (subject to hydrolysis) is 2. The van der Waals surface area contributed by atoms with E-state index in [1.54, 1.807) is 45.3 Å².